The number of aryl methyl sites for hydroxylation is 1. The Morgan fingerprint density at radius 3 is 2.59 bits per heavy atom. The van der Waals surface area contributed by atoms with Gasteiger partial charge in [0.2, 0.25) is 5.91 Å². The molecule has 2 amide bonds. The zero-order valence-electron chi connectivity index (χ0n) is 20.8. The lowest BCUT2D eigenvalue weighted by atomic mass is 9.90. The van der Waals surface area contributed by atoms with Gasteiger partial charge in [0.05, 0.1) is 29.3 Å². The molecule has 1 aromatic carbocycles. The summed E-state index contributed by atoms with van der Waals surface area (Å²) in [6.07, 6.45) is 9.32. The van der Waals surface area contributed by atoms with Crippen LogP contribution in [0, 0.1) is 12.7 Å². The third-order valence-corrected chi connectivity index (χ3v) is 7.39. The molecule has 190 valence electrons. The van der Waals surface area contributed by atoms with E-state index in [1.807, 2.05) is 15.4 Å². The van der Waals surface area contributed by atoms with Crippen molar-refractivity contribution in [3.05, 3.63) is 65.4 Å². The van der Waals surface area contributed by atoms with Crippen LogP contribution in [0.4, 0.5) is 4.39 Å². The molecule has 0 atom stereocenters. The normalized spacial score (nSPS) is 16.4. The van der Waals surface area contributed by atoms with E-state index >= 15 is 0 Å². The van der Waals surface area contributed by atoms with Gasteiger partial charge in [-0.25, -0.2) is 14.1 Å². The van der Waals surface area contributed by atoms with Gasteiger partial charge in [0, 0.05) is 32.3 Å². The first kappa shape index (κ1) is 23.3. The number of piperidine rings is 1. The highest BCUT2D eigenvalue weighted by atomic mass is 19.1. The number of nitrogens with one attached hydrogen (secondary N) is 1. The average molecular weight is 502 g/mol. The van der Waals surface area contributed by atoms with Crippen molar-refractivity contribution in [1.82, 2.24) is 34.6 Å². The number of nitrogens with zero attached hydrogens (tertiary/aromatic N) is 6. The molecule has 2 fully saturated rings. The largest absolute Gasteiger partial charge is 0.349 e. The van der Waals surface area contributed by atoms with Crippen LogP contribution in [0.2, 0.25) is 0 Å². The lowest BCUT2D eigenvalue weighted by Gasteiger charge is -2.31. The molecule has 1 saturated carbocycles. The molecule has 4 heterocycles. The molecule has 4 aromatic rings. The second kappa shape index (κ2) is 9.10. The van der Waals surface area contributed by atoms with Crippen LogP contribution in [0.25, 0.3) is 22.7 Å². The Bertz CT molecular complexity index is 1510. The Labute approximate surface area is 213 Å². The molecule has 6 rings (SSSR count). The van der Waals surface area contributed by atoms with Gasteiger partial charge in [0.25, 0.3) is 5.91 Å². The maximum atomic E-state index is 14.6. The molecule has 0 bridgehead atoms. The summed E-state index contributed by atoms with van der Waals surface area (Å²) in [5, 5.41) is 11.5. The van der Waals surface area contributed by atoms with Gasteiger partial charge in [0.1, 0.15) is 17.2 Å². The number of carbonyl (C=O) groups excluding carboxylic acids is 2. The van der Waals surface area contributed by atoms with Gasteiger partial charge in [-0.1, -0.05) is 11.3 Å². The smallest absolute Gasteiger partial charge is 0.254 e. The van der Waals surface area contributed by atoms with Crippen molar-refractivity contribution in [2.45, 2.75) is 51.5 Å². The maximum absolute atomic E-state index is 14.6. The quantitative estimate of drug-likeness (QED) is 0.450. The van der Waals surface area contributed by atoms with Crippen LogP contribution >= 0.6 is 0 Å². The van der Waals surface area contributed by atoms with Crippen molar-refractivity contribution >= 4 is 17.5 Å². The molecule has 1 N–H and O–H groups in total. The number of likely N-dealkylation sites (tertiary alicyclic amines) is 1. The molecular formula is C27H28FN7O2. The number of fused-ring (bicyclic) bond motifs is 1. The number of benzene rings is 1. The van der Waals surface area contributed by atoms with E-state index in [9.17, 15) is 14.0 Å². The molecule has 0 radical (unpaired) electrons. The summed E-state index contributed by atoms with van der Waals surface area (Å²) < 4.78 is 18.2. The molecule has 1 aliphatic carbocycles. The van der Waals surface area contributed by atoms with Crippen LogP contribution < -0.4 is 5.32 Å². The summed E-state index contributed by atoms with van der Waals surface area (Å²) >= 11 is 0. The Morgan fingerprint density at radius 2 is 1.86 bits per heavy atom. The van der Waals surface area contributed by atoms with E-state index < -0.39 is 11.7 Å². The maximum Gasteiger partial charge on any atom is 0.254 e. The van der Waals surface area contributed by atoms with Crippen molar-refractivity contribution < 1.29 is 14.0 Å². The molecule has 1 aliphatic heterocycles. The van der Waals surface area contributed by atoms with Gasteiger partial charge in [-0.2, -0.15) is 0 Å². The summed E-state index contributed by atoms with van der Waals surface area (Å²) in [6.45, 7) is 4.93. The summed E-state index contributed by atoms with van der Waals surface area (Å²) in [5.41, 5.74) is 4.64. The number of aromatic nitrogens is 5. The van der Waals surface area contributed by atoms with Gasteiger partial charge in [-0.05, 0) is 67.9 Å². The number of hydrogen-bond acceptors (Lipinski definition) is 5. The SMILES string of the molecule is CC(=O)N1CCC(c2ccc3ncc(-c4cn(-c5cc(C(=O)NC6CC6)c(F)cc5C)nn4)n3c2)CC1. The minimum atomic E-state index is -0.553. The third-order valence-electron chi connectivity index (χ3n) is 7.39. The van der Waals surface area contributed by atoms with E-state index in [1.165, 1.54) is 17.7 Å². The van der Waals surface area contributed by atoms with Gasteiger partial charge < -0.3 is 10.2 Å². The van der Waals surface area contributed by atoms with Crippen molar-refractivity contribution in [3.63, 3.8) is 0 Å². The molecule has 10 heteroatoms. The van der Waals surface area contributed by atoms with Crippen molar-refractivity contribution in [2.24, 2.45) is 0 Å². The molecule has 0 spiro atoms. The van der Waals surface area contributed by atoms with E-state index in [0.717, 1.165) is 50.1 Å². The third kappa shape index (κ3) is 4.47. The molecule has 9 nitrogen and oxygen atoms in total. The summed E-state index contributed by atoms with van der Waals surface area (Å²) in [7, 11) is 0. The Hall–Kier alpha value is -4.08. The molecule has 37 heavy (non-hydrogen) atoms. The number of halogens is 1. The van der Waals surface area contributed by atoms with Crippen LogP contribution in [0.1, 0.15) is 60.0 Å². The highest BCUT2D eigenvalue weighted by Gasteiger charge is 2.26. The lowest BCUT2D eigenvalue weighted by molar-refractivity contribution is -0.129. The second-order valence-electron chi connectivity index (χ2n) is 10.0. The standard InChI is InChI=1S/C27H28FN7O2/c1-16-11-22(28)21(27(37)30-20-4-5-20)12-24(16)35-15-23(31-32-35)25-13-29-26-6-3-19(14-34(25)26)18-7-9-33(10-8-18)17(2)36/h3,6,11-15,18,20H,4-5,7-10H2,1-2H3,(H,30,37). The minimum Gasteiger partial charge on any atom is -0.349 e. The fourth-order valence-corrected chi connectivity index (χ4v) is 5.03. The van der Waals surface area contributed by atoms with Crippen molar-refractivity contribution in [2.75, 3.05) is 13.1 Å². The number of imidazole rings is 1. The number of pyridine rings is 1. The van der Waals surface area contributed by atoms with E-state index in [4.69, 9.17) is 0 Å². The van der Waals surface area contributed by atoms with Gasteiger partial charge >= 0.3 is 0 Å². The van der Waals surface area contributed by atoms with Crippen molar-refractivity contribution in [1.29, 1.82) is 0 Å². The predicted octanol–water partition coefficient (Wildman–Crippen LogP) is 3.65. The number of rotatable bonds is 5. The number of carbonyl (C=O) groups is 2. The number of hydrogen-bond donors (Lipinski definition) is 1. The van der Waals surface area contributed by atoms with E-state index in [0.29, 0.717) is 22.9 Å². The summed E-state index contributed by atoms with van der Waals surface area (Å²) in [4.78, 5) is 30.6. The Morgan fingerprint density at radius 1 is 1.08 bits per heavy atom. The second-order valence-corrected chi connectivity index (χ2v) is 10.0. The van der Waals surface area contributed by atoms with Gasteiger partial charge in [-0.3, -0.25) is 14.0 Å². The highest BCUT2D eigenvalue weighted by molar-refractivity contribution is 5.95. The molecule has 3 aromatic heterocycles. The molecule has 1 saturated heterocycles. The fourth-order valence-electron chi connectivity index (χ4n) is 5.03. The zero-order valence-corrected chi connectivity index (χ0v) is 20.8. The highest BCUT2D eigenvalue weighted by Crippen LogP contribution is 2.30. The van der Waals surface area contributed by atoms with Crippen LogP contribution in [-0.4, -0.2) is 60.2 Å². The predicted molar refractivity (Wildman–Crippen MR) is 135 cm³/mol. The van der Waals surface area contributed by atoms with E-state index in [2.05, 4.69) is 32.9 Å². The zero-order chi connectivity index (χ0) is 25.7. The van der Waals surface area contributed by atoms with Gasteiger partial charge in [-0.15, -0.1) is 5.10 Å². The average Bonchev–Trinajstić information content (AvgIpc) is 3.39. The van der Waals surface area contributed by atoms with Gasteiger partial charge in [0.15, 0.2) is 0 Å². The number of amides is 2. The first-order valence-electron chi connectivity index (χ1n) is 12.6. The van der Waals surface area contributed by atoms with Crippen LogP contribution in [0.3, 0.4) is 0 Å². The lowest BCUT2D eigenvalue weighted by Crippen LogP contribution is -2.36. The molecule has 2 aliphatic rings. The van der Waals surface area contributed by atoms with Crippen LogP contribution in [0.15, 0.2) is 42.9 Å². The first-order chi connectivity index (χ1) is 17.9. The topological polar surface area (TPSA) is 97.4 Å². The Balaban J connectivity index is 1.29. The van der Waals surface area contributed by atoms with E-state index in [1.54, 1.807) is 30.9 Å². The fraction of sp³-hybridized carbons (Fsp3) is 0.370. The monoisotopic (exact) mass is 501 g/mol. The summed E-state index contributed by atoms with van der Waals surface area (Å²) in [5.74, 6) is -0.470. The first-order valence-corrected chi connectivity index (χ1v) is 12.6. The Kier molecular flexibility index (Phi) is 5.73. The van der Waals surface area contributed by atoms with Crippen molar-refractivity contribution in [3.8, 4) is 17.1 Å². The molecule has 0 unspecified atom stereocenters. The summed E-state index contributed by atoms with van der Waals surface area (Å²) in [6, 6.07) is 7.12. The minimum absolute atomic E-state index is 0.000171. The molecular weight excluding hydrogens is 473 g/mol. The van der Waals surface area contributed by atoms with Crippen LogP contribution in [-0.2, 0) is 4.79 Å². The van der Waals surface area contributed by atoms with E-state index in [-0.39, 0.29) is 17.5 Å². The van der Waals surface area contributed by atoms with Crippen LogP contribution in [0.5, 0.6) is 0 Å².